The molecule has 4 nitrogen and oxygen atoms in total. The number of hydrogen-bond donors (Lipinski definition) is 1. The summed E-state index contributed by atoms with van der Waals surface area (Å²) >= 11 is 0. The van der Waals surface area contributed by atoms with Crippen molar-refractivity contribution in [3.63, 3.8) is 0 Å². The molecule has 0 spiro atoms. The number of rotatable bonds is 4. The second-order valence-electron chi connectivity index (χ2n) is 5.85. The molecule has 3 atom stereocenters. The molecule has 2 rings (SSSR count). The summed E-state index contributed by atoms with van der Waals surface area (Å²) in [5.41, 5.74) is 1.16. The van der Waals surface area contributed by atoms with Crippen molar-refractivity contribution in [3.05, 3.63) is 29.8 Å². The third-order valence-electron chi connectivity index (χ3n) is 3.91. The zero-order valence-corrected chi connectivity index (χ0v) is 12.6. The number of carbonyl (C=O) groups is 1. The standard InChI is InChI=1S/C17H22N2O2/c1-12-5-3-8-16(9-12)21-13(2)17(20)19-15-7-4-6-14(10-15)11-18/h4,6-7,10,12-13,16H,3,5,8-9H2,1-2H3,(H,19,20). The first-order chi connectivity index (χ1) is 10.1. The molecule has 4 heteroatoms. The van der Waals surface area contributed by atoms with E-state index in [2.05, 4.69) is 18.3 Å². The summed E-state index contributed by atoms with van der Waals surface area (Å²) < 4.78 is 5.88. The van der Waals surface area contributed by atoms with Crippen molar-refractivity contribution in [3.8, 4) is 6.07 Å². The maximum absolute atomic E-state index is 12.1. The summed E-state index contributed by atoms with van der Waals surface area (Å²) in [6.45, 7) is 4.01. The number of anilines is 1. The number of amides is 1. The van der Waals surface area contributed by atoms with Crippen molar-refractivity contribution >= 4 is 11.6 Å². The van der Waals surface area contributed by atoms with Gasteiger partial charge in [0.15, 0.2) is 0 Å². The smallest absolute Gasteiger partial charge is 0.253 e. The van der Waals surface area contributed by atoms with Crippen LogP contribution >= 0.6 is 0 Å². The maximum atomic E-state index is 12.1. The van der Waals surface area contributed by atoms with Crippen molar-refractivity contribution in [1.82, 2.24) is 0 Å². The van der Waals surface area contributed by atoms with Gasteiger partial charge in [0, 0.05) is 5.69 Å². The number of benzene rings is 1. The first kappa shape index (κ1) is 15.5. The predicted molar refractivity (Wildman–Crippen MR) is 81.8 cm³/mol. The number of hydrogen-bond acceptors (Lipinski definition) is 3. The van der Waals surface area contributed by atoms with E-state index in [1.165, 1.54) is 12.8 Å². The fourth-order valence-electron chi connectivity index (χ4n) is 2.76. The first-order valence-corrected chi connectivity index (χ1v) is 7.55. The zero-order valence-electron chi connectivity index (χ0n) is 12.6. The SMILES string of the molecule is CC1CCCC(OC(C)C(=O)Nc2cccc(C#N)c2)C1. The van der Waals surface area contributed by atoms with Crippen LogP contribution in [0.4, 0.5) is 5.69 Å². The van der Waals surface area contributed by atoms with E-state index in [-0.39, 0.29) is 12.0 Å². The Labute approximate surface area is 126 Å². The summed E-state index contributed by atoms with van der Waals surface area (Å²) in [5.74, 6) is 0.509. The minimum Gasteiger partial charge on any atom is -0.365 e. The molecule has 1 fully saturated rings. The molecule has 0 bridgehead atoms. The van der Waals surface area contributed by atoms with Crippen molar-refractivity contribution in [2.45, 2.75) is 51.7 Å². The molecule has 0 saturated heterocycles. The van der Waals surface area contributed by atoms with Gasteiger partial charge in [0.2, 0.25) is 0 Å². The van der Waals surface area contributed by atoms with E-state index in [9.17, 15) is 4.79 Å². The number of ether oxygens (including phenoxy) is 1. The number of nitrogens with one attached hydrogen (secondary N) is 1. The molecule has 1 aromatic carbocycles. The molecule has 3 unspecified atom stereocenters. The van der Waals surface area contributed by atoms with Crippen LogP contribution in [0, 0.1) is 17.2 Å². The first-order valence-electron chi connectivity index (χ1n) is 7.55. The Kier molecular flexibility index (Phi) is 5.35. The Morgan fingerprint density at radius 2 is 2.29 bits per heavy atom. The average Bonchev–Trinajstić information content (AvgIpc) is 2.47. The zero-order chi connectivity index (χ0) is 15.2. The highest BCUT2D eigenvalue weighted by molar-refractivity contribution is 5.94. The van der Waals surface area contributed by atoms with E-state index < -0.39 is 6.10 Å². The van der Waals surface area contributed by atoms with Crippen LogP contribution < -0.4 is 5.32 Å². The fraction of sp³-hybridized carbons (Fsp3) is 0.529. The van der Waals surface area contributed by atoms with Crippen molar-refractivity contribution in [2.75, 3.05) is 5.32 Å². The van der Waals surface area contributed by atoms with Crippen molar-refractivity contribution < 1.29 is 9.53 Å². The van der Waals surface area contributed by atoms with Crippen LogP contribution in [0.2, 0.25) is 0 Å². The van der Waals surface area contributed by atoms with E-state index in [1.54, 1.807) is 31.2 Å². The number of nitrogens with zero attached hydrogens (tertiary/aromatic N) is 1. The van der Waals surface area contributed by atoms with Gasteiger partial charge in [0.25, 0.3) is 5.91 Å². The Morgan fingerprint density at radius 3 is 3.00 bits per heavy atom. The van der Waals surface area contributed by atoms with Crippen LogP contribution in [-0.2, 0) is 9.53 Å². The average molecular weight is 286 g/mol. The van der Waals surface area contributed by atoms with Crippen LogP contribution in [0.3, 0.4) is 0 Å². The Morgan fingerprint density at radius 1 is 1.48 bits per heavy atom. The molecule has 0 aliphatic heterocycles. The van der Waals surface area contributed by atoms with E-state index >= 15 is 0 Å². The van der Waals surface area contributed by atoms with Crippen LogP contribution in [0.5, 0.6) is 0 Å². The number of nitriles is 1. The highest BCUT2D eigenvalue weighted by Crippen LogP contribution is 2.26. The van der Waals surface area contributed by atoms with Gasteiger partial charge in [-0.25, -0.2) is 0 Å². The van der Waals surface area contributed by atoms with Crippen molar-refractivity contribution in [1.29, 1.82) is 5.26 Å². The lowest BCUT2D eigenvalue weighted by molar-refractivity contribution is -0.131. The summed E-state index contributed by atoms with van der Waals surface area (Å²) in [6, 6.07) is 8.95. The highest BCUT2D eigenvalue weighted by Gasteiger charge is 2.24. The Hall–Kier alpha value is -1.86. The second kappa shape index (κ2) is 7.24. The fourth-order valence-corrected chi connectivity index (χ4v) is 2.76. The molecular formula is C17H22N2O2. The Balaban J connectivity index is 1.88. The van der Waals surface area contributed by atoms with Gasteiger partial charge >= 0.3 is 0 Å². The van der Waals surface area contributed by atoms with Gasteiger partial charge < -0.3 is 10.1 Å². The molecule has 0 radical (unpaired) electrons. The van der Waals surface area contributed by atoms with Gasteiger partial charge in [-0.05, 0) is 43.9 Å². The van der Waals surface area contributed by atoms with Gasteiger partial charge in [-0.2, -0.15) is 5.26 Å². The van der Waals surface area contributed by atoms with Gasteiger partial charge in [-0.1, -0.05) is 25.8 Å². The molecular weight excluding hydrogens is 264 g/mol. The molecule has 21 heavy (non-hydrogen) atoms. The van der Waals surface area contributed by atoms with E-state index in [0.717, 1.165) is 12.8 Å². The van der Waals surface area contributed by atoms with Crippen LogP contribution in [0.25, 0.3) is 0 Å². The lowest BCUT2D eigenvalue weighted by Gasteiger charge is -2.28. The summed E-state index contributed by atoms with van der Waals surface area (Å²) in [4.78, 5) is 12.1. The second-order valence-corrected chi connectivity index (χ2v) is 5.85. The minimum absolute atomic E-state index is 0.164. The lowest BCUT2D eigenvalue weighted by atomic mass is 9.88. The summed E-state index contributed by atoms with van der Waals surface area (Å²) in [7, 11) is 0. The monoisotopic (exact) mass is 286 g/mol. The molecule has 112 valence electrons. The lowest BCUT2D eigenvalue weighted by Crippen LogP contribution is -2.33. The molecule has 1 aromatic rings. The molecule has 1 aliphatic rings. The molecule has 0 heterocycles. The normalized spacial score (nSPS) is 23.1. The van der Waals surface area contributed by atoms with Gasteiger partial charge in [-0.3, -0.25) is 4.79 Å². The molecule has 1 aliphatic carbocycles. The summed E-state index contributed by atoms with van der Waals surface area (Å²) in [6.07, 6.45) is 4.19. The van der Waals surface area contributed by atoms with Crippen LogP contribution in [-0.4, -0.2) is 18.1 Å². The van der Waals surface area contributed by atoms with E-state index in [4.69, 9.17) is 10.00 Å². The predicted octanol–water partition coefficient (Wildman–Crippen LogP) is 3.48. The number of carbonyl (C=O) groups excluding carboxylic acids is 1. The van der Waals surface area contributed by atoms with Gasteiger partial charge in [0.1, 0.15) is 6.10 Å². The minimum atomic E-state index is -0.481. The maximum Gasteiger partial charge on any atom is 0.253 e. The Bertz CT molecular complexity index is 536. The van der Waals surface area contributed by atoms with E-state index in [0.29, 0.717) is 17.2 Å². The molecule has 0 aromatic heterocycles. The summed E-state index contributed by atoms with van der Waals surface area (Å²) in [5, 5.41) is 11.7. The topological polar surface area (TPSA) is 62.1 Å². The molecule has 1 amide bonds. The van der Waals surface area contributed by atoms with Gasteiger partial charge in [0.05, 0.1) is 17.7 Å². The van der Waals surface area contributed by atoms with Crippen molar-refractivity contribution in [2.24, 2.45) is 5.92 Å². The van der Waals surface area contributed by atoms with Gasteiger partial charge in [-0.15, -0.1) is 0 Å². The van der Waals surface area contributed by atoms with E-state index in [1.807, 2.05) is 0 Å². The van der Waals surface area contributed by atoms with Crippen LogP contribution in [0.15, 0.2) is 24.3 Å². The van der Waals surface area contributed by atoms with Crippen LogP contribution in [0.1, 0.15) is 45.1 Å². The molecule has 1 saturated carbocycles. The third kappa shape index (κ3) is 4.57. The quantitative estimate of drug-likeness (QED) is 0.921. The highest BCUT2D eigenvalue weighted by atomic mass is 16.5. The third-order valence-corrected chi connectivity index (χ3v) is 3.91. The largest absolute Gasteiger partial charge is 0.365 e. The molecule has 1 N–H and O–H groups in total.